The summed E-state index contributed by atoms with van der Waals surface area (Å²) >= 11 is 0. The SMILES string of the molecule is CC(CS(=O)(=O)O)C(N)C1CCC(C(C)(C)C)CC1. The standard InChI is InChI=1S/C14H29NO3S/c1-10(9-19(16,17)18)13(15)11-5-7-12(8-6-11)14(2,3)4/h10-13H,5-9,15H2,1-4H3,(H,16,17,18). The maximum absolute atomic E-state index is 10.9. The van der Waals surface area contributed by atoms with Crippen molar-refractivity contribution in [2.24, 2.45) is 28.9 Å². The fourth-order valence-electron chi connectivity index (χ4n) is 3.28. The van der Waals surface area contributed by atoms with Gasteiger partial charge in [0.2, 0.25) is 0 Å². The molecule has 114 valence electrons. The maximum Gasteiger partial charge on any atom is 0.265 e. The molecule has 1 saturated carbocycles. The van der Waals surface area contributed by atoms with E-state index < -0.39 is 10.1 Å². The van der Waals surface area contributed by atoms with Crippen LogP contribution in [0.4, 0.5) is 0 Å². The summed E-state index contributed by atoms with van der Waals surface area (Å²) in [5.41, 5.74) is 6.52. The van der Waals surface area contributed by atoms with Gasteiger partial charge in [-0.05, 0) is 48.9 Å². The summed E-state index contributed by atoms with van der Waals surface area (Å²) in [6.07, 6.45) is 4.47. The largest absolute Gasteiger partial charge is 0.327 e. The van der Waals surface area contributed by atoms with Crippen LogP contribution in [0.5, 0.6) is 0 Å². The Bertz CT molecular complexity index is 378. The topological polar surface area (TPSA) is 80.4 Å². The zero-order chi connectivity index (χ0) is 14.8. The molecule has 0 radical (unpaired) electrons. The van der Waals surface area contributed by atoms with E-state index in [2.05, 4.69) is 20.8 Å². The molecule has 5 heteroatoms. The van der Waals surface area contributed by atoms with Crippen LogP contribution in [0.15, 0.2) is 0 Å². The molecule has 0 aliphatic heterocycles. The molecular weight excluding hydrogens is 262 g/mol. The Kier molecular flexibility index (Phi) is 5.43. The van der Waals surface area contributed by atoms with E-state index in [0.29, 0.717) is 11.3 Å². The summed E-state index contributed by atoms with van der Waals surface area (Å²) in [5.74, 6) is 0.697. The third-order valence-electron chi connectivity index (χ3n) is 4.67. The highest BCUT2D eigenvalue weighted by Crippen LogP contribution is 2.41. The Hall–Kier alpha value is -0.130. The Morgan fingerprint density at radius 3 is 2.05 bits per heavy atom. The van der Waals surface area contributed by atoms with Gasteiger partial charge in [0, 0.05) is 6.04 Å². The molecule has 0 aromatic heterocycles. The second-order valence-corrected chi connectivity index (χ2v) is 8.78. The van der Waals surface area contributed by atoms with Gasteiger partial charge in [-0.3, -0.25) is 4.55 Å². The highest BCUT2D eigenvalue weighted by atomic mass is 32.2. The zero-order valence-corrected chi connectivity index (χ0v) is 13.4. The molecule has 3 N–H and O–H groups in total. The third-order valence-corrected chi connectivity index (χ3v) is 5.62. The van der Waals surface area contributed by atoms with E-state index in [0.717, 1.165) is 18.8 Å². The molecular formula is C14H29NO3S. The third kappa shape index (κ3) is 5.40. The fourth-order valence-corrected chi connectivity index (χ4v) is 4.16. The molecule has 0 saturated heterocycles. The minimum absolute atomic E-state index is 0.136. The molecule has 19 heavy (non-hydrogen) atoms. The Morgan fingerprint density at radius 1 is 1.21 bits per heavy atom. The molecule has 4 nitrogen and oxygen atoms in total. The zero-order valence-electron chi connectivity index (χ0n) is 12.6. The lowest BCUT2D eigenvalue weighted by Crippen LogP contribution is -2.41. The molecule has 1 aliphatic rings. The van der Waals surface area contributed by atoms with Crippen molar-refractivity contribution in [2.45, 2.75) is 59.4 Å². The summed E-state index contributed by atoms with van der Waals surface area (Å²) in [7, 11) is -3.92. The number of nitrogens with two attached hydrogens (primary N) is 1. The highest BCUT2D eigenvalue weighted by molar-refractivity contribution is 7.85. The van der Waals surface area contributed by atoms with Gasteiger partial charge in [0.25, 0.3) is 10.1 Å². The van der Waals surface area contributed by atoms with Gasteiger partial charge in [-0.2, -0.15) is 8.42 Å². The molecule has 0 spiro atoms. The van der Waals surface area contributed by atoms with Gasteiger partial charge >= 0.3 is 0 Å². The van der Waals surface area contributed by atoms with Crippen LogP contribution in [0.25, 0.3) is 0 Å². The van der Waals surface area contributed by atoms with Crippen molar-refractivity contribution in [1.82, 2.24) is 0 Å². The minimum Gasteiger partial charge on any atom is -0.327 e. The van der Waals surface area contributed by atoms with Crippen LogP contribution in [0.3, 0.4) is 0 Å². The predicted molar refractivity (Wildman–Crippen MR) is 78.5 cm³/mol. The lowest BCUT2D eigenvalue weighted by molar-refractivity contribution is 0.131. The van der Waals surface area contributed by atoms with Crippen LogP contribution >= 0.6 is 0 Å². The molecule has 2 atom stereocenters. The summed E-state index contributed by atoms with van der Waals surface area (Å²) in [6.45, 7) is 8.64. The predicted octanol–water partition coefficient (Wildman–Crippen LogP) is 2.69. The first-order valence-electron chi connectivity index (χ1n) is 7.21. The molecule has 0 heterocycles. The van der Waals surface area contributed by atoms with Gasteiger partial charge in [0.15, 0.2) is 0 Å². The van der Waals surface area contributed by atoms with Crippen molar-refractivity contribution < 1.29 is 13.0 Å². The van der Waals surface area contributed by atoms with E-state index in [-0.39, 0.29) is 17.7 Å². The Morgan fingerprint density at radius 2 is 1.68 bits per heavy atom. The molecule has 0 bridgehead atoms. The Labute approximate surface area is 117 Å². The van der Waals surface area contributed by atoms with E-state index in [4.69, 9.17) is 10.3 Å². The number of hydrogen-bond acceptors (Lipinski definition) is 3. The summed E-state index contributed by atoms with van der Waals surface area (Å²) in [6, 6.07) is -0.136. The summed E-state index contributed by atoms with van der Waals surface area (Å²) in [4.78, 5) is 0. The van der Waals surface area contributed by atoms with Crippen molar-refractivity contribution >= 4 is 10.1 Å². The summed E-state index contributed by atoms with van der Waals surface area (Å²) < 4.78 is 30.7. The van der Waals surface area contributed by atoms with Gasteiger partial charge in [0.05, 0.1) is 5.75 Å². The highest BCUT2D eigenvalue weighted by Gasteiger charge is 2.34. The van der Waals surface area contributed by atoms with E-state index >= 15 is 0 Å². The number of hydrogen-bond donors (Lipinski definition) is 2. The molecule has 1 aliphatic carbocycles. The van der Waals surface area contributed by atoms with Crippen LogP contribution in [0.1, 0.15) is 53.4 Å². The first-order chi connectivity index (χ1) is 8.50. The average molecular weight is 291 g/mol. The van der Waals surface area contributed by atoms with Crippen molar-refractivity contribution in [3.05, 3.63) is 0 Å². The second-order valence-electron chi connectivity index (χ2n) is 7.28. The Balaban J connectivity index is 2.51. The van der Waals surface area contributed by atoms with Crippen LogP contribution in [0, 0.1) is 23.2 Å². The van der Waals surface area contributed by atoms with Crippen LogP contribution in [0.2, 0.25) is 0 Å². The number of rotatable bonds is 4. The lowest BCUT2D eigenvalue weighted by Gasteiger charge is -2.39. The average Bonchev–Trinajstić information content (AvgIpc) is 2.24. The van der Waals surface area contributed by atoms with E-state index in [1.807, 2.05) is 6.92 Å². The molecule has 1 rings (SSSR count). The van der Waals surface area contributed by atoms with Gasteiger partial charge in [-0.25, -0.2) is 0 Å². The summed E-state index contributed by atoms with van der Waals surface area (Å²) in [5, 5.41) is 0. The fraction of sp³-hybridized carbons (Fsp3) is 1.00. The van der Waals surface area contributed by atoms with Gasteiger partial charge in [0.1, 0.15) is 0 Å². The first-order valence-corrected chi connectivity index (χ1v) is 8.82. The van der Waals surface area contributed by atoms with E-state index in [9.17, 15) is 8.42 Å². The van der Waals surface area contributed by atoms with Crippen molar-refractivity contribution in [3.8, 4) is 0 Å². The van der Waals surface area contributed by atoms with Crippen molar-refractivity contribution in [3.63, 3.8) is 0 Å². The van der Waals surface area contributed by atoms with Gasteiger partial charge in [-0.15, -0.1) is 0 Å². The van der Waals surface area contributed by atoms with E-state index in [1.54, 1.807) is 0 Å². The second kappa shape index (κ2) is 6.10. The monoisotopic (exact) mass is 291 g/mol. The maximum atomic E-state index is 10.9. The van der Waals surface area contributed by atoms with Crippen LogP contribution < -0.4 is 5.73 Å². The normalized spacial score (nSPS) is 28.9. The van der Waals surface area contributed by atoms with E-state index in [1.165, 1.54) is 12.8 Å². The quantitative estimate of drug-likeness (QED) is 0.780. The first kappa shape index (κ1) is 16.9. The van der Waals surface area contributed by atoms with Crippen LogP contribution in [-0.4, -0.2) is 24.8 Å². The molecule has 0 aromatic carbocycles. The minimum atomic E-state index is -3.92. The lowest BCUT2D eigenvalue weighted by atomic mass is 9.68. The van der Waals surface area contributed by atoms with Gasteiger partial charge < -0.3 is 5.73 Å². The molecule has 0 amide bonds. The van der Waals surface area contributed by atoms with Crippen molar-refractivity contribution in [2.75, 3.05) is 5.75 Å². The van der Waals surface area contributed by atoms with Crippen LogP contribution in [-0.2, 0) is 10.1 Å². The molecule has 0 aromatic rings. The molecule has 2 unspecified atom stereocenters. The molecule has 1 fully saturated rings. The van der Waals surface area contributed by atoms with Crippen molar-refractivity contribution in [1.29, 1.82) is 0 Å². The van der Waals surface area contributed by atoms with Gasteiger partial charge in [-0.1, -0.05) is 27.7 Å². The smallest absolute Gasteiger partial charge is 0.265 e.